The maximum absolute atomic E-state index is 13.0. The molecule has 0 aliphatic heterocycles. The summed E-state index contributed by atoms with van der Waals surface area (Å²) in [6.45, 7) is 3.80. The minimum absolute atomic E-state index is 0.249. The fourth-order valence-corrected chi connectivity index (χ4v) is 6.87. The number of aryl methyl sites for hydroxylation is 1. The van der Waals surface area contributed by atoms with Gasteiger partial charge in [-0.1, -0.05) is 34.7 Å². The molecular weight excluding hydrogens is 528 g/mol. The quantitative estimate of drug-likeness (QED) is 0.211. The number of halogens is 1. The number of rotatable bonds is 8. The average molecular weight is 551 g/mol. The fourth-order valence-electron chi connectivity index (χ4n) is 3.57. The third kappa shape index (κ3) is 6.21. The van der Waals surface area contributed by atoms with Gasteiger partial charge in [0.2, 0.25) is 11.0 Å². The van der Waals surface area contributed by atoms with Crippen molar-refractivity contribution in [3.05, 3.63) is 50.9 Å². The number of hydrogen-bond acceptors (Lipinski definition) is 9. The van der Waals surface area contributed by atoms with Crippen molar-refractivity contribution in [2.24, 2.45) is 0 Å². The topological polar surface area (TPSA) is 110 Å². The monoisotopic (exact) mass is 550 g/mol. The number of amides is 2. The van der Waals surface area contributed by atoms with Crippen LogP contribution >= 0.6 is 46.0 Å². The van der Waals surface area contributed by atoms with E-state index in [2.05, 4.69) is 20.8 Å². The van der Waals surface area contributed by atoms with Gasteiger partial charge in [0.15, 0.2) is 4.34 Å². The molecule has 0 fully saturated rings. The molecule has 1 aliphatic carbocycles. The number of hydrogen-bond donors (Lipinski definition) is 2. The van der Waals surface area contributed by atoms with Crippen molar-refractivity contribution in [3.8, 4) is 0 Å². The first-order valence-electron chi connectivity index (χ1n) is 11.0. The van der Waals surface area contributed by atoms with Gasteiger partial charge >= 0.3 is 5.97 Å². The Morgan fingerprint density at radius 1 is 1.11 bits per heavy atom. The predicted octanol–water partition coefficient (Wildman–Crippen LogP) is 5.68. The Bertz CT molecular complexity index is 1240. The molecule has 1 aromatic carbocycles. The molecule has 1 unspecified atom stereocenters. The molecule has 1 aliphatic rings. The number of esters is 1. The SMILES string of the molecule is CCOC(=O)c1c(NC(=O)C(C)Sc2nnc(NC(=O)c3ccc(Cl)cc3)s2)sc2c1CCCC2. The van der Waals surface area contributed by atoms with E-state index in [9.17, 15) is 14.4 Å². The summed E-state index contributed by atoms with van der Waals surface area (Å²) in [5.74, 6) is -0.970. The highest BCUT2D eigenvalue weighted by Crippen LogP contribution is 2.39. The number of fused-ring (bicyclic) bond motifs is 1. The number of nitrogens with zero attached hydrogens (tertiary/aromatic N) is 2. The second-order valence-electron chi connectivity index (χ2n) is 7.72. The maximum Gasteiger partial charge on any atom is 0.341 e. The van der Waals surface area contributed by atoms with Crippen molar-refractivity contribution in [2.45, 2.75) is 49.1 Å². The summed E-state index contributed by atoms with van der Waals surface area (Å²) in [6.07, 6.45) is 3.81. The molecule has 2 heterocycles. The van der Waals surface area contributed by atoms with Gasteiger partial charge in [0, 0.05) is 15.5 Å². The van der Waals surface area contributed by atoms with Crippen LogP contribution in [0.2, 0.25) is 5.02 Å². The molecule has 2 aromatic heterocycles. The highest BCUT2D eigenvalue weighted by molar-refractivity contribution is 8.02. The van der Waals surface area contributed by atoms with Gasteiger partial charge in [-0.25, -0.2) is 4.79 Å². The number of benzene rings is 1. The summed E-state index contributed by atoms with van der Waals surface area (Å²) in [7, 11) is 0. The second-order valence-corrected chi connectivity index (χ2v) is 11.8. The van der Waals surface area contributed by atoms with Gasteiger partial charge in [-0.3, -0.25) is 14.9 Å². The van der Waals surface area contributed by atoms with Crippen LogP contribution in [0.25, 0.3) is 0 Å². The van der Waals surface area contributed by atoms with E-state index >= 15 is 0 Å². The minimum atomic E-state index is -0.503. The second kappa shape index (κ2) is 11.5. The minimum Gasteiger partial charge on any atom is -0.462 e. The van der Waals surface area contributed by atoms with Crippen LogP contribution < -0.4 is 10.6 Å². The number of aromatic nitrogens is 2. The molecule has 0 spiro atoms. The van der Waals surface area contributed by atoms with Crippen LogP contribution in [-0.4, -0.2) is 39.8 Å². The molecule has 0 radical (unpaired) electrons. The Morgan fingerprint density at radius 2 is 1.86 bits per heavy atom. The maximum atomic E-state index is 13.0. The number of nitrogens with one attached hydrogen (secondary N) is 2. The zero-order chi connectivity index (χ0) is 24.9. The highest BCUT2D eigenvalue weighted by atomic mass is 35.5. The van der Waals surface area contributed by atoms with Crippen molar-refractivity contribution >= 4 is 74.0 Å². The lowest BCUT2D eigenvalue weighted by molar-refractivity contribution is -0.115. The first kappa shape index (κ1) is 25.6. The molecule has 2 amide bonds. The molecule has 35 heavy (non-hydrogen) atoms. The van der Waals surface area contributed by atoms with E-state index < -0.39 is 11.2 Å². The molecule has 0 saturated heterocycles. The van der Waals surface area contributed by atoms with E-state index in [1.165, 1.54) is 34.4 Å². The van der Waals surface area contributed by atoms with Gasteiger partial charge in [-0.15, -0.1) is 21.5 Å². The van der Waals surface area contributed by atoms with Crippen LogP contribution in [0.3, 0.4) is 0 Å². The molecule has 4 rings (SSSR count). The Labute approximate surface area is 219 Å². The highest BCUT2D eigenvalue weighted by Gasteiger charge is 2.28. The van der Waals surface area contributed by atoms with Gasteiger partial charge in [0.25, 0.3) is 5.91 Å². The van der Waals surface area contributed by atoms with Gasteiger partial charge in [0.1, 0.15) is 5.00 Å². The molecular formula is C23H23ClN4O4S3. The summed E-state index contributed by atoms with van der Waals surface area (Å²) in [5.41, 5.74) is 1.93. The molecule has 0 saturated carbocycles. The van der Waals surface area contributed by atoms with Crippen LogP contribution in [0.4, 0.5) is 10.1 Å². The number of anilines is 2. The fraction of sp³-hybridized carbons (Fsp3) is 0.348. The summed E-state index contributed by atoms with van der Waals surface area (Å²) < 4.78 is 5.79. The van der Waals surface area contributed by atoms with Crippen LogP contribution in [0.5, 0.6) is 0 Å². The summed E-state index contributed by atoms with van der Waals surface area (Å²) in [6, 6.07) is 6.51. The van der Waals surface area contributed by atoms with Gasteiger partial charge in [-0.05, 0) is 69.4 Å². The Morgan fingerprint density at radius 3 is 2.60 bits per heavy atom. The Kier molecular flexibility index (Phi) is 8.42. The number of thiophene rings is 1. The molecule has 1 atom stereocenters. The zero-order valence-electron chi connectivity index (χ0n) is 19.1. The summed E-state index contributed by atoms with van der Waals surface area (Å²) >= 11 is 9.72. The van der Waals surface area contributed by atoms with Crippen LogP contribution in [-0.2, 0) is 22.4 Å². The van der Waals surface area contributed by atoms with Crippen LogP contribution in [0.15, 0.2) is 28.6 Å². The van der Waals surface area contributed by atoms with E-state index in [4.69, 9.17) is 16.3 Å². The third-order valence-electron chi connectivity index (χ3n) is 5.27. The predicted molar refractivity (Wildman–Crippen MR) is 140 cm³/mol. The zero-order valence-corrected chi connectivity index (χ0v) is 22.3. The average Bonchev–Trinajstić information content (AvgIpc) is 3.43. The van der Waals surface area contributed by atoms with Gasteiger partial charge in [-0.2, -0.15) is 0 Å². The van der Waals surface area contributed by atoms with E-state index in [0.29, 0.717) is 30.6 Å². The third-order valence-corrected chi connectivity index (χ3v) is 8.75. The van der Waals surface area contributed by atoms with Gasteiger partial charge < -0.3 is 10.1 Å². The van der Waals surface area contributed by atoms with E-state index in [1.807, 2.05) is 0 Å². The van der Waals surface area contributed by atoms with E-state index in [-0.39, 0.29) is 18.4 Å². The molecule has 8 nitrogen and oxygen atoms in total. The summed E-state index contributed by atoms with van der Waals surface area (Å²) in [4.78, 5) is 39.1. The normalized spacial score (nSPS) is 13.6. The Balaban J connectivity index is 1.40. The van der Waals surface area contributed by atoms with Crippen molar-refractivity contribution in [3.63, 3.8) is 0 Å². The summed E-state index contributed by atoms with van der Waals surface area (Å²) in [5, 5.41) is 14.6. The van der Waals surface area contributed by atoms with E-state index in [1.54, 1.807) is 38.1 Å². The molecule has 0 bridgehead atoms. The molecule has 2 N–H and O–H groups in total. The largest absolute Gasteiger partial charge is 0.462 e. The lowest BCUT2D eigenvalue weighted by Gasteiger charge is -2.13. The Hall–Kier alpha value is -2.47. The van der Waals surface area contributed by atoms with Crippen LogP contribution in [0, 0.1) is 0 Å². The molecule has 3 aromatic rings. The standard InChI is InChI=1S/C23H23ClN4O4S3/c1-3-32-21(31)17-15-6-4-5-7-16(15)34-20(17)25-18(29)12(2)33-23-28-27-22(35-23)26-19(30)13-8-10-14(24)11-9-13/h8-12H,3-7H2,1-2H3,(H,25,29)(H,26,27,30). The van der Waals surface area contributed by atoms with Gasteiger partial charge in [0.05, 0.1) is 17.4 Å². The lowest BCUT2D eigenvalue weighted by Crippen LogP contribution is -2.23. The smallest absolute Gasteiger partial charge is 0.341 e. The first-order valence-corrected chi connectivity index (χ1v) is 13.9. The molecule has 12 heteroatoms. The van der Waals surface area contributed by atoms with Crippen molar-refractivity contribution < 1.29 is 19.1 Å². The number of thioether (sulfide) groups is 1. The number of carbonyl (C=O) groups excluding carboxylic acids is 3. The number of carbonyl (C=O) groups is 3. The first-order chi connectivity index (χ1) is 16.9. The van der Waals surface area contributed by atoms with Crippen molar-refractivity contribution in [1.82, 2.24) is 10.2 Å². The van der Waals surface area contributed by atoms with Crippen molar-refractivity contribution in [2.75, 3.05) is 17.2 Å². The lowest BCUT2D eigenvalue weighted by atomic mass is 9.95. The van der Waals surface area contributed by atoms with E-state index in [0.717, 1.165) is 36.1 Å². The number of ether oxygens (including phenoxy) is 1. The molecule has 184 valence electrons. The van der Waals surface area contributed by atoms with Crippen molar-refractivity contribution in [1.29, 1.82) is 0 Å². The van der Waals surface area contributed by atoms with Crippen LogP contribution in [0.1, 0.15) is 57.8 Å².